The summed E-state index contributed by atoms with van der Waals surface area (Å²) in [5.41, 5.74) is 9.40. The van der Waals surface area contributed by atoms with Crippen LogP contribution in [0.15, 0.2) is 36.4 Å². The number of aryl methyl sites for hydroxylation is 2. The molecule has 0 aliphatic carbocycles. The maximum atomic E-state index is 12.2. The summed E-state index contributed by atoms with van der Waals surface area (Å²) in [7, 11) is 0. The monoisotopic (exact) mass is 341 g/mol. The highest BCUT2D eigenvalue weighted by Gasteiger charge is 2.11. The number of rotatable bonds is 6. The number of anilines is 2. The molecular formula is C19H23N3O3. The predicted molar refractivity (Wildman–Crippen MR) is 98.9 cm³/mol. The number of ether oxygens (including phenoxy) is 1. The van der Waals surface area contributed by atoms with E-state index in [1.165, 1.54) is 0 Å². The average molecular weight is 341 g/mol. The van der Waals surface area contributed by atoms with Crippen LogP contribution >= 0.6 is 0 Å². The van der Waals surface area contributed by atoms with Crippen LogP contribution < -0.4 is 21.1 Å². The summed E-state index contributed by atoms with van der Waals surface area (Å²) in [5, 5.41) is 5.43. The summed E-state index contributed by atoms with van der Waals surface area (Å²) in [6, 6.07) is 11.1. The number of hydrogen-bond donors (Lipinski definition) is 3. The van der Waals surface area contributed by atoms with Gasteiger partial charge in [0.25, 0.3) is 5.91 Å². The van der Waals surface area contributed by atoms with E-state index in [0.717, 1.165) is 16.7 Å². The van der Waals surface area contributed by atoms with Gasteiger partial charge in [0, 0.05) is 0 Å². The van der Waals surface area contributed by atoms with E-state index in [2.05, 4.69) is 10.6 Å². The van der Waals surface area contributed by atoms with Crippen LogP contribution in [0.4, 0.5) is 11.4 Å². The highest BCUT2D eigenvalue weighted by atomic mass is 16.5. The lowest BCUT2D eigenvalue weighted by atomic mass is 10.1. The molecule has 0 fully saturated rings. The molecule has 0 aliphatic heterocycles. The first kappa shape index (κ1) is 18.5. The lowest BCUT2D eigenvalue weighted by molar-refractivity contribution is -0.118. The van der Waals surface area contributed by atoms with Gasteiger partial charge in [-0.3, -0.25) is 9.59 Å². The summed E-state index contributed by atoms with van der Waals surface area (Å²) >= 11 is 0. The Morgan fingerprint density at radius 3 is 2.44 bits per heavy atom. The maximum Gasteiger partial charge on any atom is 0.262 e. The van der Waals surface area contributed by atoms with Crippen LogP contribution in [0.5, 0.6) is 5.75 Å². The Labute approximate surface area is 147 Å². The second-order valence-electron chi connectivity index (χ2n) is 5.84. The van der Waals surface area contributed by atoms with Crippen molar-refractivity contribution < 1.29 is 14.3 Å². The minimum absolute atomic E-state index is 0.123. The minimum atomic E-state index is -0.326. The van der Waals surface area contributed by atoms with Crippen LogP contribution in [-0.2, 0) is 9.59 Å². The van der Waals surface area contributed by atoms with Crippen molar-refractivity contribution in [2.45, 2.75) is 20.8 Å². The van der Waals surface area contributed by atoms with Gasteiger partial charge in [0.2, 0.25) is 5.91 Å². The molecule has 0 aromatic heterocycles. The Hall–Kier alpha value is -2.86. The van der Waals surface area contributed by atoms with Crippen molar-refractivity contribution in [2.75, 3.05) is 23.8 Å². The summed E-state index contributed by atoms with van der Waals surface area (Å²) < 4.78 is 5.60. The topological polar surface area (TPSA) is 93.5 Å². The summed E-state index contributed by atoms with van der Waals surface area (Å²) in [6.45, 7) is 5.58. The first-order valence-corrected chi connectivity index (χ1v) is 8.00. The van der Waals surface area contributed by atoms with Gasteiger partial charge in [0.05, 0.1) is 17.9 Å². The van der Waals surface area contributed by atoms with E-state index in [-0.39, 0.29) is 25.0 Å². The normalized spacial score (nSPS) is 10.2. The SMILES string of the molecule is Cc1ccc(NC(=O)COc2cccc(C)c2C)c(NC(=O)CN)c1. The van der Waals surface area contributed by atoms with Gasteiger partial charge in [-0.1, -0.05) is 18.2 Å². The van der Waals surface area contributed by atoms with Crippen LogP contribution in [0, 0.1) is 20.8 Å². The largest absolute Gasteiger partial charge is 0.483 e. The van der Waals surface area contributed by atoms with Crippen molar-refractivity contribution in [1.29, 1.82) is 0 Å². The van der Waals surface area contributed by atoms with E-state index in [1.54, 1.807) is 12.1 Å². The third kappa shape index (κ3) is 5.06. The zero-order valence-corrected chi connectivity index (χ0v) is 14.7. The van der Waals surface area contributed by atoms with Gasteiger partial charge in [-0.15, -0.1) is 0 Å². The Kier molecular flexibility index (Phi) is 6.14. The van der Waals surface area contributed by atoms with E-state index >= 15 is 0 Å². The molecule has 6 nitrogen and oxygen atoms in total. The molecule has 0 saturated heterocycles. The van der Waals surface area contributed by atoms with Gasteiger partial charge < -0.3 is 21.1 Å². The first-order valence-electron chi connectivity index (χ1n) is 8.00. The quantitative estimate of drug-likeness (QED) is 0.752. The van der Waals surface area contributed by atoms with Gasteiger partial charge in [-0.05, 0) is 55.7 Å². The van der Waals surface area contributed by atoms with Crippen LogP contribution in [-0.4, -0.2) is 25.0 Å². The van der Waals surface area contributed by atoms with Gasteiger partial charge in [0.15, 0.2) is 6.61 Å². The molecule has 2 amide bonds. The van der Waals surface area contributed by atoms with Crippen molar-refractivity contribution >= 4 is 23.2 Å². The number of carbonyl (C=O) groups is 2. The van der Waals surface area contributed by atoms with Crippen molar-refractivity contribution in [1.82, 2.24) is 0 Å². The fraction of sp³-hybridized carbons (Fsp3) is 0.263. The number of benzene rings is 2. The zero-order chi connectivity index (χ0) is 18.4. The lowest BCUT2D eigenvalue weighted by Crippen LogP contribution is -2.24. The highest BCUT2D eigenvalue weighted by molar-refractivity contribution is 6.00. The molecule has 2 aromatic rings. The van der Waals surface area contributed by atoms with Gasteiger partial charge in [-0.2, -0.15) is 0 Å². The molecule has 0 bridgehead atoms. The summed E-state index contributed by atoms with van der Waals surface area (Å²) in [6.07, 6.45) is 0. The number of carbonyl (C=O) groups excluding carboxylic acids is 2. The van der Waals surface area contributed by atoms with E-state index < -0.39 is 0 Å². The lowest BCUT2D eigenvalue weighted by Gasteiger charge is -2.14. The Morgan fingerprint density at radius 1 is 1.00 bits per heavy atom. The third-order valence-electron chi connectivity index (χ3n) is 3.82. The fourth-order valence-corrected chi connectivity index (χ4v) is 2.28. The molecule has 0 saturated carbocycles. The third-order valence-corrected chi connectivity index (χ3v) is 3.82. The van der Waals surface area contributed by atoms with E-state index in [4.69, 9.17) is 10.5 Å². The molecule has 4 N–H and O–H groups in total. The number of nitrogens with two attached hydrogens (primary N) is 1. The molecule has 0 aliphatic rings. The number of nitrogens with one attached hydrogen (secondary N) is 2. The molecule has 0 radical (unpaired) electrons. The molecule has 0 heterocycles. The standard InChI is InChI=1S/C19H23N3O3/c1-12-7-8-15(16(9-12)22-18(23)10-20)21-19(24)11-25-17-6-4-5-13(2)14(17)3/h4-9H,10-11,20H2,1-3H3,(H,21,24)(H,22,23). The van der Waals surface area contributed by atoms with Gasteiger partial charge in [-0.25, -0.2) is 0 Å². The molecule has 25 heavy (non-hydrogen) atoms. The second-order valence-corrected chi connectivity index (χ2v) is 5.84. The van der Waals surface area contributed by atoms with Crippen LogP contribution in [0.3, 0.4) is 0 Å². The van der Waals surface area contributed by atoms with Crippen molar-refractivity contribution in [2.24, 2.45) is 5.73 Å². The molecule has 6 heteroatoms. The molecular weight excluding hydrogens is 318 g/mol. The molecule has 0 unspecified atom stereocenters. The zero-order valence-electron chi connectivity index (χ0n) is 14.7. The molecule has 2 rings (SSSR count). The molecule has 132 valence electrons. The van der Waals surface area contributed by atoms with E-state index in [0.29, 0.717) is 17.1 Å². The van der Waals surface area contributed by atoms with Crippen molar-refractivity contribution in [3.05, 3.63) is 53.1 Å². The maximum absolute atomic E-state index is 12.2. The average Bonchev–Trinajstić information content (AvgIpc) is 2.58. The molecule has 2 aromatic carbocycles. The van der Waals surface area contributed by atoms with Crippen LogP contribution in [0.25, 0.3) is 0 Å². The highest BCUT2D eigenvalue weighted by Crippen LogP contribution is 2.24. The van der Waals surface area contributed by atoms with Crippen molar-refractivity contribution in [3.8, 4) is 5.75 Å². The number of amides is 2. The predicted octanol–water partition coefficient (Wildman–Crippen LogP) is 2.53. The van der Waals surface area contributed by atoms with Gasteiger partial charge in [0.1, 0.15) is 5.75 Å². The van der Waals surface area contributed by atoms with E-state index in [1.807, 2.05) is 45.0 Å². The Bertz CT molecular complexity index is 787. The Balaban J connectivity index is 2.05. The van der Waals surface area contributed by atoms with E-state index in [9.17, 15) is 9.59 Å². The smallest absolute Gasteiger partial charge is 0.262 e. The van der Waals surface area contributed by atoms with Crippen molar-refractivity contribution in [3.63, 3.8) is 0 Å². The fourth-order valence-electron chi connectivity index (χ4n) is 2.28. The Morgan fingerprint density at radius 2 is 1.72 bits per heavy atom. The van der Waals surface area contributed by atoms with Crippen LogP contribution in [0.1, 0.15) is 16.7 Å². The number of hydrogen-bond acceptors (Lipinski definition) is 4. The van der Waals surface area contributed by atoms with Crippen LogP contribution in [0.2, 0.25) is 0 Å². The molecule has 0 spiro atoms. The van der Waals surface area contributed by atoms with Gasteiger partial charge >= 0.3 is 0 Å². The molecule has 0 atom stereocenters. The minimum Gasteiger partial charge on any atom is -0.483 e. The summed E-state index contributed by atoms with van der Waals surface area (Å²) in [5.74, 6) is 0.0384. The summed E-state index contributed by atoms with van der Waals surface area (Å²) in [4.78, 5) is 23.7. The first-order chi connectivity index (χ1) is 11.9. The second kappa shape index (κ2) is 8.30.